The third-order valence-corrected chi connectivity index (χ3v) is 5.48. The molecule has 2 atom stereocenters. The van der Waals surface area contributed by atoms with Gasteiger partial charge in [0.05, 0.1) is 18.3 Å². The number of aromatic nitrogens is 5. The summed E-state index contributed by atoms with van der Waals surface area (Å²) in [6.45, 7) is 3.75. The number of aliphatic hydroxyl groups excluding tert-OH is 1. The molecule has 1 aliphatic carbocycles. The van der Waals surface area contributed by atoms with Crippen molar-refractivity contribution in [3.63, 3.8) is 0 Å². The first kappa shape index (κ1) is 19.3. The summed E-state index contributed by atoms with van der Waals surface area (Å²) in [4.78, 5) is 19.1. The van der Waals surface area contributed by atoms with Gasteiger partial charge in [0.2, 0.25) is 5.82 Å². The first-order valence-electron chi connectivity index (χ1n) is 9.88. The van der Waals surface area contributed by atoms with E-state index in [0.717, 1.165) is 12.8 Å². The minimum atomic E-state index is -0.676. The third kappa shape index (κ3) is 3.66. The van der Waals surface area contributed by atoms with Crippen LogP contribution in [0.3, 0.4) is 0 Å². The molecule has 2 fully saturated rings. The highest BCUT2D eigenvalue weighted by molar-refractivity contribution is 5.90. The minimum absolute atomic E-state index is 0.184. The largest absolute Gasteiger partial charge is 0.441 e. The molecular weight excluding hydrogens is 403 g/mol. The lowest BCUT2D eigenvalue weighted by molar-refractivity contribution is 0.0200. The SMILES string of the molecule is C=Cn1nnc(-c2ccc(-c3ccc(N4C[C@H](C(O)C5CC5)OC4=O)cc3F)cn2)n1. The quantitative estimate of drug-likeness (QED) is 0.651. The van der Waals surface area contributed by atoms with E-state index in [2.05, 4.69) is 27.0 Å². The Morgan fingerprint density at radius 2 is 2.13 bits per heavy atom. The molecule has 3 aromatic rings. The summed E-state index contributed by atoms with van der Waals surface area (Å²) in [5.41, 5.74) is 1.78. The second-order valence-corrected chi connectivity index (χ2v) is 7.57. The summed E-state index contributed by atoms with van der Waals surface area (Å²) in [5.74, 6) is 0.0170. The number of pyridine rings is 1. The first-order chi connectivity index (χ1) is 15.0. The van der Waals surface area contributed by atoms with Crippen LogP contribution in [0.5, 0.6) is 0 Å². The average Bonchev–Trinajstić information content (AvgIpc) is 3.39. The molecule has 1 saturated carbocycles. The fourth-order valence-corrected chi connectivity index (χ4v) is 3.61. The number of cyclic esters (lactones) is 1. The van der Waals surface area contributed by atoms with E-state index in [-0.39, 0.29) is 12.5 Å². The van der Waals surface area contributed by atoms with Gasteiger partial charge in [-0.3, -0.25) is 9.88 Å². The Hall–Kier alpha value is -3.66. The predicted molar refractivity (Wildman–Crippen MR) is 109 cm³/mol. The highest BCUT2D eigenvalue weighted by Gasteiger charge is 2.43. The summed E-state index contributed by atoms with van der Waals surface area (Å²) in [6, 6.07) is 7.91. The van der Waals surface area contributed by atoms with E-state index < -0.39 is 24.1 Å². The maximum atomic E-state index is 14.9. The molecule has 1 saturated heterocycles. The molecule has 9 nitrogen and oxygen atoms in total. The number of rotatable bonds is 6. The van der Waals surface area contributed by atoms with Crippen molar-refractivity contribution >= 4 is 18.0 Å². The first-order valence-corrected chi connectivity index (χ1v) is 9.88. The molecule has 1 amide bonds. The number of benzene rings is 1. The van der Waals surface area contributed by atoms with Crippen LogP contribution >= 0.6 is 0 Å². The topological polar surface area (TPSA) is 106 Å². The molecule has 158 valence electrons. The van der Waals surface area contributed by atoms with Crippen LogP contribution in [-0.2, 0) is 4.74 Å². The molecule has 0 spiro atoms. The van der Waals surface area contributed by atoms with E-state index in [1.807, 2.05) is 0 Å². The summed E-state index contributed by atoms with van der Waals surface area (Å²) in [7, 11) is 0. The van der Waals surface area contributed by atoms with Crippen LogP contribution in [0.15, 0.2) is 43.1 Å². The van der Waals surface area contributed by atoms with Gasteiger partial charge in [-0.25, -0.2) is 9.18 Å². The van der Waals surface area contributed by atoms with Crippen molar-refractivity contribution in [2.24, 2.45) is 5.92 Å². The van der Waals surface area contributed by atoms with Crippen LogP contribution in [-0.4, -0.2) is 55.1 Å². The minimum Gasteiger partial charge on any atom is -0.441 e. The van der Waals surface area contributed by atoms with Crippen molar-refractivity contribution in [3.8, 4) is 22.6 Å². The van der Waals surface area contributed by atoms with E-state index in [0.29, 0.717) is 28.3 Å². The fourth-order valence-electron chi connectivity index (χ4n) is 3.61. The van der Waals surface area contributed by atoms with Gasteiger partial charge in [-0.1, -0.05) is 12.6 Å². The van der Waals surface area contributed by atoms with Crippen molar-refractivity contribution < 1.29 is 19.0 Å². The van der Waals surface area contributed by atoms with Crippen molar-refractivity contribution in [2.75, 3.05) is 11.4 Å². The summed E-state index contributed by atoms with van der Waals surface area (Å²) >= 11 is 0. The van der Waals surface area contributed by atoms with E-state index in [9.17, 15) is 14.3 Å². The highest BCUT2D eigenvalue weighted by Crippen LogP contribution is 2.37. The van der Waals surface area contributed by atoms with Crippen LogP contribution in [0.25, 0.3) is 28.8 Å². The monoisotopic (exact) mass is 422 g/mol. The Balaban J connectivity index is 1.34. The van der Waals surface area contributed by atoms with E-state index in [1.54, 1.807) is 24.3 Å². The Morgan fingerprint density at radius 3 is 2.77 bits per heavy atom. The zero-order valence-electron chi connectivity index (χ0n) is 16.4. The van der Waals surface area contributed by atoms with Gasteiger partial charge in [-0.2, -0.15) is 0 Å². The van der Waals surface area contributed by atoms with Gasteiger partial charge in [0, 0.05) is 23.5 Å². The molecule has 3 heterocycles. The highest BCUT2D eigenvalue weighted by atomic mass is 19.1. The Labute approximate surface area is 176 Å². The molecule has 1 aromatic carbocycles. The number of aliphatic hydroxyl groups is 1. The number of tetrazole rings is 1. The number of halogens is 1. The Morgan fingerprint density at radius 1 is 1.29 bits per heavy atom. The lowest BCUT2D eigenvalue weighted by Gasteiger charge is -2.16. The Bertz CT molecular complexity index is 1140. The molecule has 31 heavy (non-hydrogen) atoms. The molecule has 1 unspecified atom stereocenters. The molecule has 0 radical (unpaired) electrons. The fraction of sp³-hybridized carbons (Fsp3) is 0.286. The van der Waals surface area contributed by atoms with Crippen molar-refractivity contribution in [2.45, 2.75) is 25.0 Å². The summed E-state index contributed by atoms with van der Waals surface area (Å²) in [6.07, 6.45) is 2.96. The van der Waals surface area contributed by atoms with Gasteiger partial charge in [0.1, 0.15) is 17.6 Å². The molecule has 1 aliphatic heterocycles. The standard InChI is InChI=1S/C21H19FN6O3/c1-2-28-25-20(24-26-28)17-8-5-13(10-23-17)15-7-6-14(9-16(15)22)27-11-18(31-21(27)30)19(29)12-3-4-12/h2,5-10,12,18-19,29H,1,3-4,11H2/t18-,19?/m1/s1. The number of nitrogens with zero attached hydrogens (tertiary/aromatic N) is 6. The zero-order valence-corrected chi connectivity index (χ0v) is 16.4. The number of hydrogen-bond acceptors (Lipinski definition) is 7. The average molecular weight is 422 g/mol. The van der Waals surface area contributed by atoms with Crippen LogP contribution in [0.2, 0.25) is 0 Å². The maximum Gasteiger partial charge on any atom is 0.414 e. The number of amides is 1. The number of carbonyl (C=O) groups is 1. The molecule has 2 aromatic heterocycles. The van der Waals surface area contributed by atoms with E-state index in [1.165, 1.54) is 28.2 Å². The normalized spacial score (nSPS) is 19.4. The van der Waals surface area contributed by atoms with Gasteiger partial charge in [-0.05, 0) is 48.2 Å². The molecule has 0 bridgehead atoms. The Kier molecular flexibility index (Phi) is 4.70. The van der Waals surface area contributed by atoms with Crippen LogP contribution in [0.1, 0.15) is 12.8 Å². The zero-order chi connectivity index (χ0) is 21.5. The second kappa shape index (κ2) is 7.55. The van der Waals surface area contributed by atoms with Crippen molar-refractivity contribution in [1.29, 1.82) is 0 Å². The molecule has 2 aliphatic rings. The number of carbonyl (C=O) groups excluding carboxylic acids is 1. The van der Waals surface area contributed by atoms with Crippen molar-refractivity contribution in [1.82, 2.24) is 25.2 Å². The molecule has 10 heteroatoms. The van der Waals surface area contributed by atoms with Gasteiger partial charge in [-0.15, -0.1) is 15.0 Å². The van der Waals surface area contributed by atoms with Gasteiger partial charge in [0.25, 0.3) is 0 Å². The maximum absolute atomic E-state index is 14.9. The number of anilines is 1. The molecular formula is C21H19FN6O3. The van der Waals surface area contributed by atoms with Gasteiger partial charge in [0.15, 0.2) is 0 Å². The third-order valence-electron chi connectivity index (χ3n) is 5.48. The summed E-state index contributed by atoms with van der Waals surface area (Å²) < 4.78 is 20.2. The van der Waals surface area contributed by atoms with Gasteiger partial charge >= 0.3 is 6.09 Å². The van der Waals surface area contributed by atoms with Crippen LogP contribution in [0, 0.1) is 11.7 Å². The number of hydrogen-bond donors (Lipinski definition) is 1. The second-order valence-electron chi connectivity index (χ2n) is 7.57. The smallest absolute Gasteiger partial charge is 0.414 e. The van der Waals surface area contributed by atoms with E-state index in [4.69, 9.17) is 4.74 Å². The lowest BCUT2D eigenvalue weighted by Crippen LogP contribution is -2.32. The van der Waals surface area contributed by atoms with Crippen molar-refractivity contribution in [3.05, 3.63) is 48.9 Å². The predicted octanol–water partition coefficient (Wildman–Crippen LogP) is 2.74. The lowest BCUT2D eigenvalue weighted by atomic mass is 10.1. The van der Waals surface area contributed by atoms with Crippen LogP contribution in [0.4, 0.5) is 14.9 Å². The number of ether oxygens (including phenoxy) is 1. The van der Waals surface area contributed by atoms with Gasteiger partial charge < -0.3 is 9.84 Å². The molecule has 1 N–H and O–H groups in total. The van der Waals surface area contributed by atoms with Crippen LogP contribution < -0.4 is 4.90 Å². The summed E-state index contributed by atoms with van der Waals surface area (Å²) in [5, 5.41) is 22.0. The van der Waals surface area contributed by atoms with E-state index >= 15 is 0 Å². The molecule has 5 rings (SSSR count).